The van der Waals surface area contributed by atoms with Gasteiger partial charge in [-0.3, -0.25) is 10.8 Å². The Balaban J connectivity index is 2.88. The van der Waals surface area contributed by atoms with E-state index in [1.807, 2.05) is 0 Å². The van der Waals surface area contributed by atoms with Crippen molar-refractivity contribution < 1.29 is 30.7 Å². The van der Waals surface area contributed by atoms with Gasteiger partial charge in [-0.05, 0) is 48.8 Å². The SMILES string of the molecule is CN(SC(=N)/C=C\C(=N)N=C(N)C(F)(F)F)[C@H](c1ccc(F)cc1)C(F)(F)F. The molecule has 0 fully saturated rings. The Bertz CT molecular complexity index is 768. The predicted molar refractivity (Wildman–Crippen MR) is 92.8 cm³/mol. The van der Waals surface area contributed by atoms with E-state index >= 15 is 0 Å². The molecule has 0 amide bonds. The van der Waals surface area contributed by atoms with Gasteiger partial charge in [-0.25, -0.2) is 13.7 Å². The van der Waals surface area contributed by atoms with Crippen molar-refractivity contribution in [3.8, 4) is 0 Å². The first-order chi connectivity index (χ1) is 12.7. The summed E-state index contributed by atoms with van der Waals surface area (Å²) in [6, 6.07) is 1.46. The van der Waals surface area contributed by atoms with Crippen LogP contribution < -0.4 is 5.73 Å². The summed E-state index contributed by atoms with van der Waals surface area (Å²) in [5.74, 6) is -3.42. The van der Waals surface area contributed by atoms with Crippen LogP contribution in [-0.4, -0.2) is 40.4 Å². The molecule has 0 aromatic heterocycles. The lowest BCUT2D eigenvalue weighted by Crippen LogP contribution is -2.32. The molecular weight excluding hydrogens is 415 g/mol. The second-order valence-corrected chi connectivity index (χ2v) is 6.41. The van der Waals surface area contributed by atoms with Crippen molar-refractivity contribution in [2.45, 2.75) is 18.4 Å². The smallest absolute Gasteiger partial charge is 0.380 e. The molecule has 0 radical (unpaired) electrons. The van der Waals surface area contributed by atoms with Gasteiger partial charge in [0, 0.05) is 0 Å². The molecule has 0 aliphatic carbocycles. The fraction of sp³-hybridized carbons (Fsp3) is 0.267. The average Bonchev–Trinajstić information content (AvgIpc) is 2.52. The summed E-state index contributed by atoms with van der Waals surface area (Å²) in [5.41, 5.74) is 4.37. The molecule has 0 bridgehead atoms. The van der Waals surface area contributed by atoms with Crippen LogP contribution in [0.4, 0.5) is 30.7 Å². The summed E-state index contributed by atoms with van der Waals surface area (Å²) in [4.78, 5) is 2.76. The second-order valence-electron chi connectivity index (χ2n) is 5.21. The molecule has 0 saturated heterocycles. The zero-order chi connectivity index (χ0) is 21.7. The van der Waals surface area contributed by atoms with E-state index in [1.165, 1.54) is 0 Å². The molecule has 1 aromatic rings. The predicted octanol–water partition coefficient (Wildman–Crippen LogP) is 4.44. The third-order valence-corrected chi connectivity index (χ3v) is 3.86. The molecule has 5 nitrogen and oxygen atoms in total. The molecule has 1 rings (SSSR count). The van der Waals surface area contributed by atoms with E-state index in [2.05, 4.69) is 10.7 Å². The van der Waals surface area contributed by atoms with E-state index in [0.717, 1.165) is 37.4 Å². The van der Waals surface area contributed by atoms with Gasteiger partial charge in [-0.15, -0.1) is 0 Å². The van der Waals surface area contributed by atoms with Crippen LogP contribution in [0, 0.1) is 16.6 Å². The van der Waals surface area contributed by atoms with Gasteiger partial charge in [0.15, 0.2) is 0 Å². The molecule has 0 aliphatic heterocycles. The van der Waals surface area contributed by atoms with E-state index in [9.17, 15) is 30.7 Å². The number of aliphatic imine (C=N–C) groups is 1. The van der Waals surface area contributed by atoms with Crippen molar-refractivity contribution in [1.82, 2.24) is 4.31 Å². The number of benzene rings is 1. The molecule has 1 atom stereocenters. The molecular formula is C15H14F7N5S. The van der Waals surface area contributed by atoms with Gasteiger partial charge in [-0.2, -0.15) is 26.3 Å². The van der Waals surface area contributed by atoms with Crippen molar-refractivity contribution in [3.05, 3.63) is 47.8 Å². The van der Waals surface area contributed by atoms with Crippen molar-refractivity contribution in [3.63, 3.8) is 0 Å². The molecule has 0 unspecified atom stereocenters. The summed E-state index contributed by atoms with van der Waals surface area (Å²) in [7, 11) is 1.04. The van der Waals surface area contributed by atoms with Crippen LogP contribution in [0.1, 0.15) is 11.6 Å². The van der Waals surface area contributed by atoms with E-state index in [4.69, 9.17) is 10.8 Å². The highest BCUT2D eigenvalue weighted by Crippen LogP contribution is 2.40. The monoisotopic (exact) mass is 429 g/mol. The van der Waals surface area contributed by atoms with Crippen LogP contribution in [0.25, 0.3) is 0 Å². The van der Waals surface area contributed by atoms with Gasteiger partial charge in [0.1, 0.15) is 22.7 Å². The maximum absolute atomic E-state index is 13.4. The third kappa shape index (κ3) is 7.31. The highest BCUT2D eigenvalue weighted by Gasteiger charge is 2.44. The number of rotatable bonds is 5. The Morgan fingerprint density at radius 2 is 1.64 bits per heavy atom. The summed E-state index contributed by atoms with van der Waals surface area (Å²) in [6.07, 6.45) is -8.20. The Morgan fingerprint density at radius 1 is 1.11 bits per heavy atom. The zero-order valence-electron chi connectivity index (χ0n) is 14.1. The van der Waals surface area contributed by atoms with Gasteiger partial charge in [0.05, 0.1) is 0 Å². The maximum atomic E-state index is 13.4. The number of amidine groups is 2. The van der Waals surface area contributed by atoms with Crippen LogP contribution in [-0.2, 0) is 0 Å². The van der Waals surface area contributed by atoms with Crippen LogP contribution in [0.2, 0.25) is 0 Å². The minimum atomic E-state index is -4.93. The Kier molecular flexibility index (Phi) is 7.75. The van der Waals surface area contributed by atoms with E-state index < -0.39 is 40.9 Å². The summed E-state index contributed by atoms with van der Waals surface area (Å²) in [5, 5.41) is 14.3. The van der Waals surface area contributed by atoms with E-state index in [1.54, 1.807) is 0 Å². The van der Waals surface area contributed by atoms with Gasteiger partial charge >= 0.3 is 12.4 Å². The third-order valence-electron chi connectivity index (χ3n) is 3.03. The molecule has 1 aromatic carbocycles. The number of hydrogen-bond donors (Lipinski definition) is 3. The van der Waals surface area contributed by atoms with E-state index in [-0.39, 0.29) is 5.56 Å². The van der Waals surface area contributed by atoms with Crippen LogP contribution in [0.5, 0.6) is 0 Å². The Labute approximate surface area is 159 Å². The summed E-state index contributed by atoms with van der Waals surface area (Å²) >= 11 is 0.317. The van der Waals surface area contributed by atoms with Gasteiger partial charge in [0.25, 0.3) is 0 Å². The number of alkyl halides is 6. The minimum Gasteiger partial charge on any atom is -0.380 e. The highest BCUT2D eigenvalue weighted by molar-refractivity contribution is 8.12. The number of nitrogens with one attached hydrogen (secondary N) is 2. The number of nitrogens with two attached hydrogens (primary N) is 1. The quantitative estimate of drug-likeness (QED) is 0.280. The standard InChI is InChI=1S/C15H14F7N5S/c1-27(12(14(17,18)19)8-2-4-9(16)5-3-8)28-11(24)7-6-10(23)26-13(25)15(20,21)22/h2-7,12,24H,1H3,(H3,23,25,26)/b7-6-,24-11?/t12-/m1/s1. The fourth-order valence-corrected chi connectivity index (χ4v) is 2.66. The van der Waals surface area contributed by atoms with Gasteiger partial charge in [0.2, 0.25) is 5.84 Å². The second kappa shape index (κ2) is 9.19. The Morgan fingerprint density at radius 3 is 2.11 bits per heavy atom. The molecule has 0 aliphatic rings. The first-order valence-electron chi connectivity index (χ1n) is 7.21. The van der Waals surface area contributed by atoms with Gasteiger partial charge in [-0.1, -0.05) is 12.1 Å². The molecule has 0 spiro atoms. The largest absolute Gasteiger partial charge is 0.449 e. The van der Waals surface area contributed by atoms with Crippen molar-refractivity contribution in [2.24, 2.45) is 10.7 Å². The number of nitrogens with zero attached hydrogens (tertiary/aromatic N) is 2. The van der Waals surface area contributed by atoms with Gasteiger partial charge < -0.3 is 5.73 Å². The van der Waals surface area contributed by atoms with Crippen LogP contribution in [0.15, 0.2) is 41.4 Å². The molecule has 4 N–H and O–H groups in total. The fourth-order valence-electron chi connectivity index (χ4n) is 1.87. The normalized spacial score (nSPS) is 14.5. The number of hydrogen-bond acceptors (Lipinski definition) is 4. The molecule has 0 saturated carbocycles. The van der Waals surface area contributed by atoms with Crippen molar-refractivity contribution in [1.29, 1.82) is 10.8 Å². The molecule has 28 heavy (non-hydrogen) atoms. The molecule has 13 heteroatoms. The first kappa shape index (κ1) is 23.6. The lowest BCUT2D eigenvalue weighted by Gasteiger charge is -2.28. The lowest BCUT2D eigenvalue weighted by molar-refractivity contribution is -0.169. The first-order valence-corrected chi connectivity index (χ1v) is 7.98. The molecule has 0 heterocycles. The maximum Gasteiger partial charge on any atom is 0.449 e. The Hall–Kier alpha value is -2.41. The summed E-state index contributed by atoms with van der Waals surface area (Å²) in [6.45, 7) is 0. The zero-order valence-corrected chi connectivity index (χ0v) is 14.9. The lowest BCUT2D eigenvalue weighted by atomic mass is 10.1. The van der Waals surface area contributed by atoms with Crippen LogP contribution >= 0.6 is 11.9 Å². The van der Waals surface area contributed by atoms with Crippen LogP contribution in [0.3, 0.4) is 0 Å². The highest BCUT2D eigenvalue weighted by atomic mass is 32.2. The van der Waals surface area contributed by atoms with E-state index in [0.29, 0.717) is 22.3 Å². The summed E-state index contributed by atoms with van der Waals surface area (Å²) < 4.78 is 90.3. The topological polar surface area (TPSA) is 89.3 Å². The minimum absolute atomic E-state index is 0.268. The number of halogens is 7. The van der Waals surface area contributed by atoms with Crippen molar-refractivity contribution in [2.75, 3.05) is 7.05 Å². The van der Waals surface area contributed by atoms with Crippen molar-refractivity contribution >= 4 is 28.7 Å². The average molecular weight is 429 g/mol. The molecule has 154 valence electrons.